The van der Waals surface area contributed by atoms with Gasteiger partial charge in [0.15, 0.2) is 6.67 Å². The van der Waals surface area contributed by atoms with Gasteiger partial charge < -0.3 is 9.52 Å². The maximum absolute atomic E-state index is 11.9. The number of hydrogen-bond donors (Lipinski definition) is 1. The van der Waals surface area contributed by atoms with E-state index in [-0.39, 0.29) is 11.7 Å². The van der Waals surface area contributed by atoms with Crippen molar-refractivity contribution in [2.75, 3.05) is 0 Å². The molecule has 12 heavy (non-hydrogen) atoms. The number of carboxylic acid groups (broad SMARTS) is 1. The van der Waals surface area contributed by atoms with Crippen LogP contribution in [-0.4, -0.2) is 16.1 Å². The maximum Gasteiger partial charge on any atom is 0.313 e. The van der Waals surface area contributed by atoms with Crippen LogP contribution in [-0.2, 0) is 11.5 Å². The molecular weight excluding hydrogens is 165 g/mol. The Morgan fingerprint density at radius 2 is 2.58 bits per heavy atom. The minimum absolute atomic E-state index is 0.0851. The van der Waals surface area contributed by atoms with Crippen molar-refractivity contribution in [1.82, 2.24) is 4.98 Å². The van der Waals surface area contributed by atoms with Crippen molar-refractivity contribution in [1.29, 1.82) is 0 Å². The highest BCUT2D eigenvalue weighted by atomic mass is 19.1. The van der Waals surface area contributed by atoms with Crippen LogP contribution in [0.4, 0.5) is 4.39 Å². The van der Waals surface area contributed by atoms with E-state index in [4.69, 9.17) is 9.52 Å². The molecule has 4 nitrogen and oxygen atoms in total. The fourth-order valence-electron chi connectivity index (χ4n) is 0.708. The number of carboxylic acids is 1. The number of aliphatic carboxylic acids is 1. The van der Waals surface area contributed by atoms with Gasteiger partial charge in [-0.15, -0.1) is 0 Å². The normalized spacial score (nSPS) is 12.8. The number of oxazole rings is 1. The fourth-order valence-corrected chi connectivity index (χ4v) is 0.708. The molecule has 0 spiro atoms. The Bertz CT molecular complexity index is 284. The molecule has 1 atom stereocenters. The molecule has 0 aromatic carbocycles. The average molecular weight is 173 g/mol. The summed E-state index contributed by atoms with van der Waals surface area (Å²) in [6, 6.07) is 0. The van der Waals surface area contributed by atoms with Gasteiger partial charge in [-0.1, -0.05) is 0 Å². The van der Waals surface area contributed by atoms with Gasteiger partial charge >= 0.3 is 5.97 Å². The lowest BCUT2D eigenvalue weighted by Crippen LogP contribution is -2.05. The Kier molecular flexibility index (Phi) is 2.42. The predicted octanol–water partition coefficient (Wildman–Crippen LogP) is 1.33. The van der Waals surface area contributed by atoms with E-state index in [0.717, 1.165) is 0 Å². The molecule has 0 bridgehead atoms. The SMILES string of the molecule is CC(C(=O)O)c1cnc(CF)o1. The van der Waals surface area contributed by atoms with Crippen molar-refractivity contribution in [2.45, 2.75) is 19.5 Å². The van der Waals surface area contributed by atoms with Crippen LogP contribution in [0.25, 0.3) is 0 Å². The lowest BCUT2D eigenvalue weighted by molar-refractivity contribution is -0.138. The van der Waals surface area contributed by atoms with E-state index in [9.17, 15) is 9.18 Å². The number of halogens is 1. The third kappa shape index (κ3) is 1.61. The van der Waals surface area contributed by atoms with Crippen molar-refractivity contribution in [3.8, 4) is 0 Å². The number of alkyl halides is 1. The number of carbonyl (C=O) groups is 1. The number of hydrogen-bond acceptors (Lipinski definition) is 3. The summed E-state index contributed by atoms with van der Waals surface area (Å²) in [5, 5.41) is 8.54. The van der Waals surface area contributed by atoms with Crippen LogP contribution in [0.1, 0.15) is 24.5 Å². The third-order valence-corrected chi connectivity index (χ3v) is 1.48. The van der Waals surface area contributed by atoms with Crippen LogP contribution < -0.4 is 0 Å². The van der Waals surface area contributed by atoms with Gasteiger partial charge in [-0.05, 0) is 6.92 Å². The topological polar surface area (TPSA) is 63.3 Å². The molecule has 0 saturated carbocycles. The molecule has 1 aromatic heterocycles. The molecule has 0 aliphatic heterocycles. The molecule has 1 N–H and O–H groups in total. The summed E-state index contributed by atoms with van der Waals surface area (Å²) in [6.45, 7) is 0.636. The molecule has 5 heteroatoms. The van der Waals surface area contributed by atoms with Gasteiger partial charge in [0.05, 0.1) is 6.20 Å². The van der Waals surface area contributed by atoms with Crippen LogP contribution in [0.15, 0.2) is 10.6 Å². The second-order valence-electron chi connectivity index (χ2n) is 2.35. The van der Waals surface area contributed by atoms with Crippen LogP contribution in [0.3, 0.4) is 0 Å². The molecule has 0 saturated heterocycles. The van der Waals surface area contributed by atoms with E-state index in [1.807, 2.05) is 0 Å². The monoisotopic (exact) mass is 173 g/mol. The van der Waals surface area contributed by atoms with E-state index in [1.54, 1.807) is 0 Å². The van der Waals surface area contributed by atoms with Crippen LogP contribution in [0, 0.1) is 0 Å². The van der Waals surface area contributed by atoms with Gasteiger partial charge in [-0.3, -0.25) is 4.79 Å². The average Bonchev–Trinajstić information content (AvgIpc) is 2.50. The van der Waals surface area contributed by atoms with Gasteiger partial charge in [-0.2, -0.15) is 0 Å². The molecule has 1 heterocycles. The minimum atomic E-state index is -1.02. The first kappa shape index (κ1) is 8.70. The molecule has 66 valence electrons. The molecule has 0 fully saturated rings. The Morgan fingerprint density at radius 1 is 1.92 bits per heavy atom. The predicted molar refractivity (Wildman–Crippen MR) is 37.4 cm³/mol. The van der Waals surface area contributed by atoms with Gasteiger partial charge in [0, 0.05) is 0 Å². The number of nitrogens with zero attached hydrogens (tertiary/aromatic N) is 1. The zero-order valence-electron chi connectivity index (χ0n) is 6.45. The van der Waals surface area contributed by atoms with E-state index >= 15 is 0 Å². The highest BCUT2D eigenvalue weighted by Gasteiger charge is 2.18. The Labute approximate surface area is 68.0 Å². The first-order valence-corrected chi connectivity index (χ1v) is 3.38. The van der Waals surface area contributed by atoms with Crippen molar-refractivity contribution in [3.63, 3.8) is 0 Å². The summed E-state index contributed by atoms with van der Waals surface area (Å²) >= 11 is 0. The second-order valence-corrected chi connectivity index (χ2v) is 2.35. The summed E-state index contributed by atoms with van der Waals surface area (Å²) in [6.07, 6.45) is 1.23. The Balaban J connectivity index is 2.81. The lowest BCUT2D eigenvalue weighted by atomic mass is 10.1. The summed E-state index contributed by atoms with van der Waals surface area (Å²) < 4.78 is 16.7. The highest BCUT2D eigenvalue weighted by Crippen LogP contribution is 2.16. The first-order chi connectivity index (χ1) is 5.65. The molecule has 1 rings (SSSR count). The molecule has 0 aliphatic carbocycles. The van der Waals surface area contributed by atoms with Gasteiger partial charge in [0.25, 0.3) is 0 Å². The standard InChI is InChI=1S/C7H8FNO3/c1-4(7(10)11)5-3-9-6(2-8)12-5/h3-4H,2H2,1H3,(H,10,11). The molecule has 1 unspecified atom stereocenters. The molecule has 0 aliphatic rings. The van der Waals surface area contributed by atoms with Crippen molar-refractivity contribution >= 4 is 5.97 Å². The van der Waals surface area contributed by atoms with E-state index in [0.29, 0.717) is 0 Å². The van der Waals surface area contributed by atoms with Crippen LogP contribution in [0.5, 0.6) is 0 Å². The second kappa shape index (κ2) is 3.34. The maximum atomic E-state index is 11.9. The van der Waals surface area contributed by atoms with Crippen molar-refractivity contribution in [2.24, 2.45) is 0 Å². The highest BCUT2D eigenvalue weighted by molar-refractivity contribution is 5.74. The van der Waals surface area contributed by atoms with Crippen LogP contribution >= 0.6 is 0 Å². The van der Waals surface area contributed by atoms with Crippen molar-refractivity contribution < 1.29 is 18.7 Å². The van der Waals surface area contributed by atoms with E-state index in [2.05, 4.69) is 4.98 Å². The summed E-state index contributed by atoms with van der Waals surface area (Å²) in [4.78, 5) is 13.9. The fraction of sp³-hybridized carbons (Fsp3) is 0.429. The Morgan fingerprint density at radius 3 is 3.00 bits per heavy atom. The first-order valence-electron chi connectivity index (χ1n) is 3.38. The van der Waals surface area contributed by atoms with Crippen LogP contribution in [0.2, 0.25) is 0 Å². The molecule has 0 radical (unpaired) electrons. The van der Waals surface area contributed by atoms with Gasteiger partial charge in [0.1, 0.15) is 11.7 Å². The zero-order chi connectivity index (χ0) is 9.14. The quantitative estimate of drug-likeness (QED) is 0.748. The molecule has 1 aromatic rings. The smallest absolute Gasteiger partial charge is 0.313 e. The largest absolute Gasteiger partial charge is 0.481 e. The van der Waals surface area contributed by atoms with E-state index < -0.39 is 18.6 Å². The zero-order valence-corrected chi connectivity index (χ0v) is 6.45. The number of aromatic nitrogens is 1. The molecular formula is C7H8FNO3. The molecule has 0 amide bonds. The summed E-state index contributed by atoms with van der Waals surface area (Å²) in [5.41, 5.74) is 0. The van der Waals surface area contributed by atoms with Crippen molar-refractivity contribution in [3.05, 3.63) is 17.8 Å². The third-order valence-electron chi connectivity index (χ3n) is 1.48. The lowest BCUT2D eigenvalue weighted by Gasteiger charge is -1.98. The van der Waals surface area contributed by atoms with E-state index in [1.165, 1.54) is 13.1 Å². The minimum Gasteiger partial charge on any atom is -0.481 e. The summed E-state index contributed by atoms with van der Waals surface area (Å²) in [5.74, 6) is -1.71. The van der Waals surface area contributed by atoms with Gasteiger partial charge in [-0.25, -0.2) is 9.37 Å². The van der Waals surface area contributed by atoms with Gasteiger partial charge in [0.2, 0.25) is 5.89 Å². The number of rotatable bonds is 3. The Hall–Kier alpha value is -1.39. The summed E-state index contributed by atoms with van der Waals surface area (Å²) in [7, 11) is 0.